The van der Waals surface area contributed by atoms with Gasteiger partial charge in [-0.05, 0) is 74.7 Å². The maximum Gasteiger partial charge on any atom is 0.331 e. The van der Waals surface area contributed by atoms with E-state index in [1.54, 1.807) is 38.1 Å². The zero-order valence-electron chi connectivity index (χ0n) is 31.4. The molecule has 1 aliphatic heterocycles. The second-order valence-corrected chi connectivity index (χ2v) is 15.1. The molecule has 0 bridgehead atoms. The van der Waals surface area contributed by atoms with Crippen molar-refractivity contribution in [3.63, 3.8) is 0 Å². The zero-order chi connectivity index (χ0) is 38.1. The first-order valence-electron chi connectivity index (χ1n) is 17.7. The van der Waals surface area contributed by atoms with Crippen LogP contribution in [0, 0.1) is 16.0 Å². The van der Waals surface area contributed by atoms with E-state index in [1.807, 2.05) is 78.9 Å². The van der Waals surface area contributed by atoms with Gasteiger partial charge in [-0.25, -0.2) is 9.46 Å². The number of nitriles is 1. The number of benzene rings is 3. The van der Waals surface area contributed by atoms with E-state index in [-0.39, 0.29) is 37.4 Å². The van der Waals surface area contributed by atoms with Crippen LogP contribution in [0.15, 0.2) is 95.9 Å². The summed E-state index contributed by atoms with van der Waals surface area (Å²) in [5.41, 5.74) is 1.25. The summed E-state index contributed by atoms with van der Waals surface area (Å²) in [5.74, 6) is 1.43. The molecule has 4 atom stereocenters. The van der Waals surface area contributed by atoms with Crippen molar-refractivity contribution in [1.29, 1.82) is 5.26 Å². The molecular weight excluding hydrogens is 712 g/mol. The minimum absolute atomic E-state index is 0.0822. The van der Waals surface area contributed by atoms with E-state index in [0.717, 1.165) is 16.7 Å². The van der Waals surface area contributed by atoms with Crippen LogP contribution in [0.25, 0.3) is 0 Å². The Hall–Kier alpha value is -3.92. The van der Waals surface area contributed by atoms with E-state index in [0.29, 0.717) is 22.6 Å². The van der Waals surface area contributed by atoms with E-state index in [4.69, 9.17) is 40.2 Å². The van der Waals surface area contributed by atoms with E-state index in [1.165, 1.54) is 4.57 Å². The molecule has 0 saturated carbocycles. The molecule has 11 nitrogen and oxygen atoms in total. The van der Waals surface area contributed by atoms with Crippen LogP contribution in [0.4, 0.5) is 0 Å². The lowest BCUT2D eigenvalue weighted by molar-refractivity contribution is -0.0927. The van der Waals surface area contributed by atoms with Gasteiger partial charge in [0.05, 0.1) is 46.0 Å². The van der Waals surface area contributed by atoms with E-state index >= 15 is 0 Å². The second kappa shape index (κ2) is 18.4. The highest BCUT2D eigenvalue weighted by atomic mass is 32.1. The number of methoxy groups -OCH3 is 2. The Bertz CT molecular complexity index is 1870. The molecule has 1 unspecified atom stereocenters. The van der Waals surface area contributed by atoms with Crippen LogP contribution in [0.5, 0.6) is 11.5 Å². The third-order valence-corrected chi connectivity index (χ3v) is 11.8. The van der Waals surface area contributed by atoms with Crippen molar-refractivity contribution in [1.82, 2.24) is 13.8 Å². The Morgan fingerprint density at radius 3 is 2.02 bits per heavy atom. The summed E-state index contributed by atoms with van der Waals surface area (Å²) in [5, 5.41) is 9.31. The lowest BCUT2D eigenvalue weighted by atomic mass is 9.80. The fourth-order valence-corrected chi connectivity index (χ4v) is 8.53. The van der Waals surface area contributed by atoms with Crippen LogP contribution >= 0.6 is 20.7 Å². The van der Waals surface area contributed by atoms with Crippen molar-refractivity contribution >= 4 is 20.7 Å². The van der Waals surface area contributed by atoms with Crippen LogP contribution in [-0.2, 0) is 31.2 Å². The van der Waals surface area contributed by atoms with Crippen LogP contribution in [0.1, 0.15) is 63.5 Å². The maximum absolute atomic E-state index is 13.5. The molecule has 0 spiro atoms. The molecule has 1 aliphatic rings. The van der Waals surface area contributed by atoms with Gasteiger partial charge in [-0.2, -0.15) is 5.26 Å². The Balaban J connectivity index is 1.60. The van der Waals surface area contributed by atoms with Crippen molar-refractivity contribution < 1.29 is 28.0 Å². The Labute approximate surface area is 318 Å². The summed E-state index contributed by atoms with van der Waals surface area (Å²) in [4.78, 5) is 13.5. The fourth-order valence-electron chi connectivity index (χ4n) is 6.63. The fraction of sp³-hybridized carbons (Fsp3) is 0.425. The minimum Gasteiger partial charge on any atom is -0.497 e. The number of ether oxygens (including phenoxy) is 4. The molecule has 1 fully saturated rings. The van der Waals surface area contributed by atoms with Gasteiger partial charge in [0.2, 0.25) is 0 Å². The monoisotopic (exact) mass is 760 g/mol. The van der Waals surface area contributed by atoms with Gasteiger partial charge in [-0.15, -0.1) is 0 Å². The molecule has 0 amide bonds. The predicted octanol–water partition coefficient (Wildman–Crippen LogP) is 7.89. The zero-order valence-corrected chi connectivity index (χ0v) is 33.1. The van der Waals surface area contributed by atoms with Gasteiger partial charge in [-0.1, -0.05) is 66.8 Å². The highest BCUT2D eigenvalue weighted by Crippen LogP contribution is 2.50. The van der Waals surface area contributed by atoms with Crippen molar-refractivity contribution in [2.45, 2.75) is 76.7 Å². The molecule has 1 saturated heterocycles. The summed E-state index contributed by atoms with van der Waals surface area (Å²) in [6, 6.07) is 29.8. The summed E-state index contributed by atoms with van der Waals surface area (Å²) < 4.78 is 43.8. The molecule has 282 valence electrons. The Kier molecular flexibility index (Phi) is 14.0. The molecule has 5 rings (SSSR count). The largest absolute Gasteiger partial charge is 0.497 e. The number of hydrogen-bond acceptors (Lipinski definition) is 10. The molecule has 1 aromatic heterocycles. The maximum atomic E-state index is 13.5. The third kappa shape index (κ3) is 9.07. The summed E-state index contributed by atoms with van der Waals surface area (Å²) >= 11 is 5.37. The molecule has 3 aromatic carbocycles. The van der Waals surface area contributed by atoms with Gasteiger partial charge in [0.1, 0.15) is 34.1 Å². The summed E-state index contributed by atoms with van der Waals surface area (Å²) in [6.45, 7) is 8.67. The first-order valence-corrected chi connectivity index (χ1v) is 19.2. The molecule has 13 heteroatoms. The van der Waals surface area contributed by atoms with E-state index < -0.39 is 32.6 Å². The normalized spacial score (nSPS) is 18.0. The molecule has 2 heterocycles. The number of aromatic nitrogens is 2. The first kappa shape index (κ1) is 40.3. The molecule has 53 heavy (non-hydrogen) atoms. The minimum atomic E-state index is -1.63. The van der Waals surface area contributed by atoms with Gasteiger partial charge < -0.3 is 28.0 Å². The van der Waals surface area contributed by atoms with Gasteiger partial charge in [0, 0.05) is 31.7 Å². The van der Waals surface area contributed by atoms with Crippen LogP contribution in [-0.4, -0.2) is 65.5 Å². The summed E-state index contributed by atoms with van der Waals surface area (Å²) in [6.07, 6.45) is 0.390. The highest BCUT2D eigenvalue weighted by Gasteiger charge is 2.45. The van der Waals surface area contributed by atoms with Crippen LogP contribution in [0.2, 0.25) is 0 Å². The smallest absolute Gasteiger partial charge is 0.331 e. The average Bonchev–Trinajstić information content (AvgIpc) is 3.56. The van der Waals surface area contributed by atoms with E-state index in [2.05, 4.69) is 38.4 Å². The molecule has 0 aliphatic carbocycles. The predicted molar refractivity (Wildman–Crippen MR) is 207 cm³/mol. The quantitative estimate of drug-likeness (QED) is 0.0456. The third-order valence-electron chi connectivity index (χ3n) is 9.23. The van der Waals surface area contributed by atoms with Crippen LogP contribution < -0.4 is 15.2 Å². The number of rotatable bonds is 17. The molecular formula is C40H49N4O7PS. The number of hydrogen-bond donors (Lipinski definition) is 0. The van der Waals surface area contributed by atoms with Gasteiger partial charge in [0.15, 0.2) is 0 Å². The van der Waals surface area contributed by atoms with Crippen molar-refractivity contribution in [3.05, 3.63) is 123 Å². The topological polar surface area (TPSA) is 109 Å². The summed E-state index contributed by atoms with van der Waals surface area (Å²) in [7, 11) is 3.29. The SMILES string of the molecule is COc1ccc(C(OC[C@H]2O[C@@H](n3ccc(=S)n(C)c3=O)C[C@@H]2OP(OCCC#N)N(C(C)C)C(C)C)(c2ccccc2)c2ccc(OC)cc2)cc1. The van der Waals surface area contributed by atoms with Crippen molar-refractivity contribution in [2.24, 2.45) is 7.05 Å². The van der Waals surface area contributed by atoms with Gasteiger partial charge in [0.25, 0.3) is 8.53 Å². The lowest BCUT2D eigenvalue weighted by Gasteiger charge is -2.39. The van der Waals surface area contributed by atoms with Crippen molar-refractivity contribution in [2.75, 3.05) is 27.4 Å². The standard InChI is InChI=1S/C40H49N4O7PS/c1-28(2)44(29(3)4)52(49-25-11-23-41)51-35-26-37(43-24-22-38(53)42(5)39(43)45)50-36(35)27-48-40(30-12-9-8-10-13-30,31-14-18-33(46-6)19-15-31)32-16-20-34(47-7)21-17-32/h8-10,12-22,24,28-29,35-37H,11,25-27H2,1-7H3/t35-,36+,37+,52?/m0/s1. The molecule has 4 aromatic rings. The number of nitrogens with zero attached hydrogens (tertiary/aromatic N) is 4. The van der Waals surface area contributed by atoms with Gasteiger partial charge >= 0.3 is 5.69 Å². The second-order valence-electron chi connectivity index (χ2n) is 13.3. The van der Waals surface area contributed by atoms with Gasteiger partial charge in [-0.3, -0.25) is 9.13 Å². The average molecular weight is 761 g/mol. The van der Waals surface area contributed by atoms with Crippen molar-refractivity contribution in [3.8, 4) is 17.6 Å². The molecule has 0 radical (unpaired) electrons. The van der Waals surface area contributed by atoms with E-state index in [9.17, 15) is 10.1 Å². The first-order chi connectivity index (χ1) is 25.5. The lowest BCUT2D eigenvalue weighted by Crippen LogP contribution is -2.39. The van der Waals surface area contributed by atoms with Crippen LogP contribution in [0.3, 0.4) is 0 Å². The highest BCUT2D eigenvalue weighted by molar-refractivity contribution is 7.71. The Morgan fingerprint density at radius 2 is 1.49 bits per heavy atom. The Morgan fingerprint density at radius 1 is 0.925 bits per heavy atom. The molecule has 0 N–H and O–H groups in total.